The number of nitrogens with zero attached hydrogens (tertiary/aromatic N) is 2. The first-order valence-electron chi connectivity index (χ1n) is 8.23. The molecule has 6 nitrogen and oxygen atoms in total. The van der Waals surface area contributed by atoms with E-state index in [1.54, 1.807) is 24.3 Å². The molecular formula is C18H22N4O2. The van der Waals surface area contributed by atoms with Crippen molar-refractivity contribution in [3.05, 3.63) is 47.3 Å². The van der Waals surface area contributed by atoms with Gasteiger partial charge >= 0.3 is 0 Å². The van der Waals surface area contributed by atoms with Crippen molar-refractivity contribution in [2.45, 2.75) is 45.7 Å². The largest absolute Gasteiger partial charge is 0.349 e. The maximum atomic E-state index is 12.1. The molecule has 0 bridgehead atoms. The van der Waals surface area contributed by atoms with Crippen molar-refractivity contribution >= 4 is 17.5 Å². The van der Waals surface area contributed by atoms with Gasteiger partial charge in [0, 0.05) is 36.0 Å². The summed E-state index contributed by atoms with van der Waals surface area (Å²) in [7, 11) is 0. The van der Waals surface area contributed by atoms with Crippen LogP contribution in [0.4, 0.5) is 5.69 Å². The first-order valence-corrected chi connectivity index (χ1v) is 8.23. The van der Waals surface area contributed by atoms with E-state index in [-0.39, 0.29) is 11.8 Å². The third kappa shape index (κ3) is 4.22. The first-order chi connectivity index (χ1) is 11.5. The van der Waals surface area contributed by atoms with Gasteiger partial charge in [-0.25, -0.2) is 0 Å². The monoisotopic (exact) mass is 326 g/mol. The zero-order valence-corrected chi connectivity index (χ0v) is 14.0. The van der Waals surface area contributed by atoms with Gasteiger partial charge in [-0.15, -0.1) is 0 Å². The van der Waals surface area contributed by atoms with Crippen LogP contribution >= 0.6 is 0 Å². The van der Waals surface area contributed by atoms with E-state index in [2.05, 4.69) is 15.7 Å². The number of rotatable bonds is 6. The van der Waals surface area contributed by atoms with Crippen LogP contribution in [0.5, 0.6) is 0 Å². The number of benzene rings is 1. The van der Waals surface area contributed by atoms with Gasteiger partial charge in [-0.3, -0.25) is 14.3 Å². The highest BCUT2D eigenvalue weighted by Gasteiger charge is 2.23. The number of amides is 2. The zero-order chi connectivity index (χ0) is 17.1. The molecule has 0 unspecified atom stereocenters. The van der Waals surface area contributed by atoms with Crippen LogP contribution in [-0.4, -0.2) is 27.6 Å². The number of carbonyl (C=O) groups is 2. The Kier molecular flexibility index (Phi) is 4.64. The fraction of sp³-hybridized carbons (Fsp3) is 0.389. The maximum absolute atomic E-state index is 12.1. The fourth-order valence-corrected chi connectivity index (χ4v) is 2.57. The molecule has 2 N–H and O–H groups in total. The Balaban J connectivity index is 1.55. The second-order valence-electron chi connectivity index (χ2n) is 6.28. The summed E-state index contributed by atoms with van der Waals surface area (Å²) < 4.78 is 1.83. The van der Waals surface area contributed by atoms with Gasteiger partial charge in [0.2, 0.25) is 5.91 Å². The van der Waals surface area contributed by atoms with Crippen LogP contribution in [0, 0.1) is 13.8 Å². The van der Waals surface area contributed by atoms with Crippen LogP contribution < -0.4 is 10.6 Å². The Hall–Kier alpha value is -2.63. The minimum atomic E-state index is -0.0951. The Morgan fingerprint density at radius 3 is 2.71 bits per heavy atom. The van der Waals surface area contributed by atoms with Crippen LogP contribution in [0.2, 0.25) is 0 Å². The number of aromatic nitrogens is 2. The molecule has 0 spiro atoms. The number of hydrogen-bond donors (Lipinski definition) is 2. The van der Waals surface area contributed by atoms with E-state index in [0.29, 0.717) is 30.3 Å². The third-order valence-corrected chi connectivity index (χ3v) is 3.98. The molecule has 0 aliphatic heterocycles. The van der Waals surface area contributed by atoms with E-state index in [1.165, 1.54) is 0 Å². The number of carbonyl (C=O) groups excluding carboxylic acids is 2. The second kappa shape index (κ2) is 6.86. The molecule has 6 heteroatoms. The summed E-state index contributed by atoms with van der Waals surface area (Å²) in [6.07, 6.45) is 2.43. The van der Waals surface area contributed by atoms with Gasteiger partial charge in [-0.1, -0.05) is 6.07 Å². The smallest absolute Gasteiger partial charge is 0.251 e. The molecule has 2 aromatic rings. The topological polar surface area (TPSA) is 76.0 Å². The molecule has 0 atom stereocenters. The van der Waals surface area contributed by atoms with Crippen LogP contribution in [0.15, 0.2) is 30.3 Å². The normalized spacial score (nSPS) is 13.6. The minimum Gasteiger partial charge on any atom is -0.349 e. The lowest BCUT2D eigenvalue weighted by atomic mass is 10.2. The molecule has 126 valence electrons. The highest BCUT2D eigenvalue weighted by molar-refractivity contribution is 5.97. The van der Waals surface area contributed by atoms with Gasteiger partial charge in [0.15, 0.2) is 0 Å². The van der Waals surface area contributed by atoms with E-state index < -0.39 is 0 Å². The molecule has 0 radical (unpaired) electrons. The van der Waals surface area contributed by atoms with E-state index in [4.69, 9.17) is 0 Å². The molecule has 1 aliphatic rings. The average Bonchev–Trinajstić information content (AvgIpc) is 3.29. The van der Waals surface area contributed by atoms with Crippen LogP contribution in [-0.2, 0) is 11.3 Å². The summed E-state index contributed by atoms with van der Waals surface area (Å²) in [5.41, 5.74) is 3.19. The molecule has 2 amide bonds. The number of hydrogen-bond acceptors (Lipinski definition) is 3. The summed E-state index contributed by atoms with van der Waals surface area (Å²) in [4.78, 5) is 24.2. The third-order valence-electron chi connectivity index (χ3n) is 3.98. The van der Waals surface area contributed by atoms with Gasteiger partial charge in [0.1, 0.15) is 0 Å². The SMILES string of the molecule is Cc1cc(C)n(CCC(=O)Nc2cccc(C(=O)NC3CC3)c2)n1. The molecule has 1 heterocycles. The molecule has 24 heavy (non-hydrogen) atoms. The van der Waals surface area contributed by atoms with Crippen molar-refractivity contribution < 1.29 is 9.59 Å². The van der Waals surface area contributed by atoms with Gasteiger partial charge in [-0.05, 0) is 51.0 Å². The van der Waals surface area contributed by atoms with Crippen molar-refractivity contribution in [2.75, 3.05) is 5.32 Å². The molecular weight excluding hydrogens is 304 g/mol. The first kappa shape index (κ1) is 16.2. The molecule has 1 aliphatic carbocycles. The Morgan fingerprint density at radius 2 is 2.04 bits per heavy atom. The maximum Gasteiger partial charge on any atom is 0.251 e. The number of aryl methyl sites for hydroxylation is 3. The van der Waals surface area contributed by atoms with Crippen molar-refractivity contribution in [1.82, 2.24) is 15.1 Å². The molecule has 1 aromatic carbocycles. The Bertz CT molecular complexity index is 762. The van der Waals surface area contributed by atoms with E-state index in [9.17, 15) is 9.59 Å². The summed E-state index contributed by atoms with van der Waals surface area (Å²) in [6.45, 7) is 4.44. The Morgan fingerprint density at radius 1 is 1.25 bits per heavy atom. The van der Waals surface area contributed by atoms with Gasteiger partial charge in [0.25, 0.3) is 5.91 Å². The summed E-state index contributed by atoms with van der Waals surface area (Å²) in [6, 6.07) is 9.33. The second-order valence-corrected chi connectivity index (χ2v) is 6.28. The number of anilines is 1. The van der Waals surface area contributed by atoms with Crippen LogP contribution in [0.3, 0.4) is 0 Å². The average molecular weight is 326 g/mol. The molecule has 3 rings (SSSR count). The number of nitrogens with one attached hydrogen (secondary N) is 2. The lowest BCUT2D eigenvalue weighted by Crippen LogP contribution is -2.25. The van der Waals surface area contributed by atoms with Crippen molar-refractivity contribution in [1.29, 1.82) is 0 Å². The van der Waals surface area contributed by atoms with Crippen molar-refractivity contribution in [3.63, 3.8) is 0 Å². The Labute approximate surface area is 141 Å². The summed E-state index contributed by atoms with van der Waals surface area (Å²) >= 11 is 0. The highest BCUT2D eigenvalue weighted by Crippen LogP contribution is 2.20. The molecule has 1 saturated carbocycles. The zero-order valence-electron chi connectivity index (χ0n) is 14.0. The fourth-order valence-electron chi connectivity index (χ4n) is 2.57. The molecule has 1 aromatic heterocycles. The highest BCUT2D eigenvalue weighted by atomic mass is 16.2. The van der Waals surface area contributed by atoms with E-state index >= 15 is 0 Å². The standard InChI is InChI=1S/C18H22N4O2/c1-12-10-13(2)22(21-12)9-8-17(23)19-16-5-3-4-14(11-16)18(24)20-15-6-7-15/h3-5,10-11,15H,6-9H2,1-2H3,(H,19,23)(H,20,24). The molecule has 1 fully saturated rings. The summed E-state index contributed by atoms with van der Waals surface area (Å²) in [5.74, 6) is -0.182. The van der Waals surface area contributed by atoms with Gasteiger partial charge < -0.3 is 10.6 Å². The predicted octanol–water partition coefficient (Wildman–Crippen LogP) is 2.42. The lowest BCUT2D eigenvalue weighted by Gasteiger charge is -2.08. The molecule has 0 saturated heterocycles. The predicted molar refractivity (Wildman–Crippen MR) is 91.9 cm³/mol. The van der Waals surface area contributed by atoms with E-state index in [0.717, 1.165) is 24.2 Å². The van der Waals surface area contributed by atoms with E-state index in [1.807, 2.05) is 24.6 Å². The summed E-state index contributed by atoms with van der Waals surface area (Å²) in [5, 5.41) is 10.1. The van der Waals surface area contributed by atoms with Crippen molar-refractivity contribution in [3.8, 4) is 0 Å². The van der Waals surface area contributed by atoms with Gasteiger partial charge in [-0.2, -0.15) is 5.10 Å². The van der Waals surface area contributed by atoms with Crippen LogP contribution in [0.1, 0.15) is 41.0 Å². The quantitative estimate of drug-likeness (QED) is 0.856. The minimum absolute atomic E-state index is 0.0868. The van der Waals surface area contributed by atoms with Crippen LogP contribution in [0.25, 0.3) is 0 Å². The lowest BCUT2D eigenvalue weighted by molar-refractivity contribution is -0.116. The van der Waals surface area contributed by atoms with Gasteiger partial charge in [0.05, 0.1) is 5.69 Å². The van der Waals surface area contributed by atoms with Crippen molar-refractivity contribution in [2.24, 2.45) is 0 Å².